The summed E-state index contributed by atoms with van der Waals surface area (Å²) in [6.45, 7) is 5.45. The maximum absolute atomic E-state index is 13.1. The maximum Gasteiger partial charge on any atom is 0.182 e. The van der Waals surface area contributed by atoms with E-state index in [1.54, 1.807) is 19.9 Å². The molecule has 3 heteroatoms. The van der Waals surface area contributed by atoms with E-state index in [9.17, 15) is 9.18 Å². The Bertz CT molecular complexity index is 399. The van der Waals surface area contributed by atoms with Crippen LogP contribution in [0.4, 0.5) is 4.39 Å². The van der Waals surface area contributed by atoms with Gasteiger partial charge in [-0.3, -0.25) is 4.79 Å². The zero-order valence-corrected chi connectivity index (χ0v) is 10.0. The van der Waals surface area contributed by atoms with Crippen molar-refractivity contribution in [3.05, 3.63) is 35.1 Å². The largest absolute Gasteiger partial charge is 0.319 e. The van der Waals surface area contributed by atoms with E-state index in [-0.39, 0.29) is 5.78 Å². The smallest absolute Gasteiger partial charge is 0.182 e. The molecule has 0 bridgehead atoms. The van der Waals surface area contributed by atoms with Gasteiger partial charge >= 0.3 is 0 Å². The highest BCUT2D eigenvalue weighted by molar-refractivity contribution is 6.03. The first-order chi connectivity index (χ1) is 7.38. The summed E-state index contributed by atoms with van der Waals surface area (Å²) in [6.07, 6.45) is 1.43. The Morgan fingerprint density at radius 2 is 2.12 bits per heavy atom. The van der Waals surface area contributed by atoms with Crippen LogP contribution < -0.4 is 5.73 Å². The van der Waals surface area contributed by atoms with E-state index in [0.29, 0.717) is 12.0 Å². The molecule has 0 aliphatic carbocycles. The van der Waals surface area contributed by atoms with Gasteiger partial charge in [0.25, 0.3) is 0 Å². The molecule has 1 atom stereocenters. The average Bonchev–Trinajstić information content (AvgIpc) is 2.20. The normalized spacial score (nSPS) is 14.6. The molecule has 0 radical (unpaired) electrons. The predicted octanol–water partition coefficient (Wildman–Crippen LogP) is 2.83. The summed E-state index contributed by atoms with van der Waals surface area (Å²) in [7, 11) is 0. The fourth-order valence-corrected chi connectivity index (χ4v) is 1.78. The SMILES string of the molecule is CCCC(C)(N)C(=O)c1cc(F)ccc1C. The Morgan fingerprint density at radius 1 is 1.50 bits per heavy atom. The molecule has 88 valence electrons. The van der Waals surface area contributed by atoms with Crippen LogP contribution in [0.1, 0.15) is 42.6 Å². The Hall–Kier alpha value is -1.22. The molecule has 16 heavy (non-hydrogen) atoms. The Balaban J connectivity index is 3.09. The first-order valence-electron chi connectivity index (χ1n) is 5.48. The van der Waals surface area contributed by atoms with Crippen molar-refractivity contribution in [2.45, 2.75) is 39.2 Å². The molecule has 0 amide bonds. The maximum atomic E-state index is 13.1. The van der Waals surface area contributed by atoms with Crippen molar-refractivity contribution in [1.29, 1.82) is 0 Å². The molecule has 0 fully saturated rings. The average molecular weight is 223 g/mol. The molecule has 0 saturated heterocycles. The molecule has 1 unspecified atom stereocenters. The molecule has 0 saturated carbocycles. The minimum atomic E-state index is -0.909. The van der Waals surface area contributed by atoms with Gasteiger partial charge in [-0.05, 0) is 38.0 Å². The highest BCUT2D eigenvalue weighted by Gasteiger charge is 2.29. The van der Waals surface area contributed by atoms with E-state index in [1.165, 1.54) is 12.1 Å². The van der Waals surface area contributed by atoms with Crippen molar-refractivity contribution in [2.75, 3.05) is 0 Å². The molecule has 1 aromatic carbocycles. The number of Topliss-reactive ketones (excluding diaryl/α,β-unsaturated/α-hetero) is 1. The third kappa shape index (κ3) is 2.67. The Labute approximate surface area is 95.7 Å². The standard InChI is InChI=1S/C13H18FNO/c1-4-7-13(3,15)12(16)11-8-10(14)6-5-9(11)2/h5-6,8H,4,7,15H2,1-3H3. The lowest BCUT2D eigenvalue weighted by atomic mass is 9.86. The van der Waals surface area contributed by atoms with Gasteiger partial charge in [-0.1, -0.05) is 19.4 Å². The molecule has 0 aromatic heterocycles. The molecule has 2 N–H and O–H groups in total. The van der Waals surface area contributed by atoms with E-state index >= 15 is 0 Å². The molecule has 0 aliphatic heterocycles. The van der Waals surface area contributed by atoms with Gasteiger partial charge in [-0.2, -0.15) is 0 Å². The molecule has 0 aliphatic rings. The van der Waals surface area contributed by atoms with E-state index in [4.69, 9.17) is 5.73 Å². The fraction of sp³-hybridized carbons (Fsp3) is 0.462. The number of nitrogens with two attached hydrogens (primary N) is 1. The number of aryl methyl sites for hydroxylation is 1. The summed E-state index contributed by atoms with van der Waals surface area (Å²) < 4.78 is 13.1. The lowest BCUT2D eigenvalue weighted by Gasteiger charge is -2.23. The van der Waals surface area contributed by atoms with Crippen LogP contribution in [0.3, 0.4) is 0 Å². The van der Waals surface area contributed by atoms with Crippen LogP contribution in [0.15, 0.2) is 18.2 Å². The van der Waals surface area contributed by atoms with Crippen LogP contribution >= 0.6 is 0 Å². The summed E-state index contributed by atoms with van der Waals surface area (Å²) in [5.74, 6) is -0.590. The van der Waals surface area contributed by atoms with Crippen molar-refractivity contribution in [3.8, 4) is 0 Å². The number of hydrogen-bond donors (Lipinski definition) is 1. The van der Waals surface area contributed by atoms with Crippen LogP contribution in [0.5, 0.6) is 0 Å². The van der Waals surface area contributed by atoms with Gasteiger partial charge in [0.2, 0.25) is 0 Å². The van der Waals surface area contributed by atoms with E-state index < -0.39 is 11.4 Å². The van der Waals surface area contributed by atoms with Crippen molar-refractivity contribution in [2.24, 2.45) is 5.73 Å². The summed E-state index contributed by atoms with van der Waals surface area (Å²) in [6, 6.07) is 4.21. The molecule has 0 heterocycles. The van der Waals surface area contributed by atoms with Gasteiger partial charge in [-0.15, -0.1) is 0 Å². The number of halogens is 1. The zero-order valence-electron chi connectivity index (χ0n) is 10.0. The second-order valence-electron chi connectivity index (χ2n) is 4.46. The first kappa shape index (κ1) is 12.8. The number of ketones is 1. The Kier molecular flexibility index (Phi) is 3.81. The van der Waals surface area contributed by atoms with E-state index in [1.807, 2.05) is 6.92 Å². The molecular weight excluding hydrogens is 205 g/mol. The number of rotatable bonds is 4. The summed E-state index contributed by atoms with van der Waals surface area (Å²) in [4.78, 5) is 12.1. The van der Waals surface area contributed by atoms with Gasteiger partial charge in [0.1, 0.15) is 5.82 Å². The molecule has 0 spiro atoms. The second kappa shape index (κ2) is 4.74. The third-order valence-electron chi connectivity index (χ3n) is 2.73. The molecule has 1 aromatic rings. The summed E-state index contributed by atoms with van der Waals surface area (Å²) in [5, 5.41) is 0. The Morgan fingerprint density at radius 3 is 2.69 bits per heavy atom. The molecule has 2 nitrogen and oxygen atoms in total. The quantitative estimate of drug-likeness (QED) is 0.797. The minimum Gasteiger partial charge on any atom is -0.319 e. The van der Waals surface area contributed by atoms with Gasteiger partial charge < -0.3 is 5.73 Å². The van der Waals surface area contributed by atoms with Crippen molar-refractivity contribution >= 4 is 5.78 Å². The summed E-state index contributed by atoms with van der Waals surface area (Å²) in [5.41, 5.74) is 6.19. The lowest BCUT2D eigenvalue weighted by Crippen LogP contribution is -2.45. The molecular formula is C13H18FNO. The monoisotopic (exact) mass is 223 g/mol. The highest BCUT2D eigenvalue weighted by atomic mass is 19.1. The van der Waals surface area contributed by atoms with Crippen molar-refractivity contribution in [1.82, 2.24) is 0 Å². The van der Waals surface area contributed by atoms with Gasteiger partial charge in [0, 0.05) is 5.56 Å². The van der Waals surface area contributed by atoms with Gasteiger partial charge in [-0.25, -0.2) is 4.39 Å². The van der Waals surface area contributed by atoms with Crippen LogP contribution in [0, 0.1) is 12.7 Å². The van der Waals surface area contributed by atoms with Crippen LogP contribution in [0.2, 0.25) is 0 Å². The first-order valence-corrected chi connectivity index (χ1v) is 5.48. The zero-order chi connectivity index (χ0) is 12.3. The van der Waals surface area contributed by atoms with E-state index in [2.05, 4.69) is 0 Å². The number of benzene rings is 1. The van der Waals surface area contributed by atoms with E-state index in [0.717, 1.165) is 12.0 Å². The summed E-state index contributed by atoms with van der Waals surface area (Å²) >= 11 is 0. The second-order valence-corrected chi connectivity index (χ2v) is 4.46. The topological polar surface area (TPSA) is 43.1 Å². The molecule has 1 rings (SSSR count). The van der Waals surface area contributed by atoms with Crippen LogP contribution in [0.25, 0.3) is 0 Å². The van der Waals surface area contributed by atoms with Gasteiger partial charge in [0.15, 0.2) is 5.78 Å². The van der Waals surface area contributed by atoms with Crippen molar-refractivity contribution in [3.63, 3.8) is 0 Å². The predicted molar refractivity (Wildman–Crippen MR) is 63.0 cm³/mol. The van der Waals surface area contributed by atoms with Crippen LogP contribution in [-0.4, -0.2) is 11.3 Å². The van der Waals surface area contributed by atoms with Crippen molar-refractivity contribution < 1.29 is 9.18 Å². The minimum absolute atomic E-state index is 0.189. The van der Waals surface area contributed by atoms with Gasteiger partial charge in [0.05, 0.1) is 5.54 Å². The fourth-order valence-electron chi connectivity index (χ4n) is 1.78. The van der Waals surface area contributed by atoms with Crippen LogP contribution in [-0.2, 0) is 0 Å². The number of carbonyl (C=O) groups excluding carboxylic acids is 1. The third-order valence-corrected chi connectivity index (χ3v) is 2.73. The number of carbonyl (C=O) groups is 1. The lowest BCUT2D eigenvalue weighted by molar-refractivity contribution is 0.0892. The number of hydrogen-bond acceptors (Lipinski definition) is 2. The highest BCUT2D eigenvalue weighted by Crippen LogP contribution is 2.19.